The summed E-state index contributed by atoms with van der Waals surface area (Å²) in [6.45, 7) is 5.53. The first-order valence-corrected chi connectivity index (χ1v) is 9.07. The van der Waals surface area contributed by atoms with Gasteiger partial charge >= 0.3 is 0 Å². The molecule has 2 N–H and O–H groups in total. The summed E-state index contributed by atoms with van der Waals surface area (Å²) in [4.78, 5) is 8.12. The van der Waals surface area contributed by atoms with E-state index in [1.165, 1.54) is 35.2 Å². The molecule has 23 heavy (non-hydrogen) atoms. The highest BCUT2D eigenvalue weighted by atomic mass is 32.2. The lowest BCUT2D eigenvalue weighted by Gasteiger charge is -2.24. The average Bonchev–Trinajstić information content (AvgIpc) is 2.96. The standard InChI is InChI=1S/C19H21N3S/c1-12-10-14-6-5-9-20-18(14)15(11-12)13(2)23-19-21-16-7-3-4-8-17(16)22-19/h3-4,7-8,10-11,13,20H,5-6,9H2,1-2H3,(H,21,22). The van der Waals surface area contributed by atoms with Crippen molar-refractivity contribution in [2.45, 2.75) is 37.1 Å². The molecule has 1 unspecified atom stereocenters. The zero-order chi connectivity index (χ0) is 15.8. The number of imidazole rings is 1. The van der Waals surface area contributed by atoms with E-state index in [1.807, 2.05) is 12.1 Å². The highest BCUT2D eigenvalue weighted by molar-refractivity contribution is 7.99. The molecular formula is C19H21N3S. The molecule has 0 aliphatic carbocycles. The van der Waals surface area contributed by atoms with Crippen molar-refractivity contribution in [3.63, 3.8) is 0 Å². The molecule has 0 bridgehead atoms. The second-order valence-electron chi connectivity index (χ2n) is 6.24. The summed E-state index contributed by atoms with van der Waals surface area (Å²) in [6, 6.07) is 12.8. The van der Waals surface area contributed by atoms with Gasteiger partial charge in [0.1, 0.15) is 0 Å². The summed E-state index contributed by atoms with van der Waals surface area (Å²) < 4.78 is 0. The first-order chi connectivity index (χ1) is 11.2. The van der Waals surface area contributed by atoms with Crippen LogP contribution in [0.1, 0.15) is 35.3 Å². The van der Waals surface area contributed by atoms with Crippen molar-refractivity contribution in [1.82, 2.24) is 9.97 Å². The van der Waals surface area contributed by atoms with Gasteiger partial charge in [-0.15, -0.1) is 0 Å². The molecule has 1 aliphatic rings. The van der Waals surface area contributed by atoms with Gasteiger partial charge < -0.3 is 10.3 Å². The van der Waals surface area contributed by atoms with E-state index in [9.17, 15) is 0 Å². The summed E-state index contributed by atoms with van der Waals surface area (Å²) in [7, 11) is 0. The van der Waals surface area contributed by atoms with E-state index in [1.54, 1.807) is 11.8 Å². The number of aromatic amines is 1. The molecule has 3 nitrogen and oxygen atoms in total. The van der Waals surface area contributed by atoms with Crippen LogP contribution in [0.5, 0.6) is 0 Å². The van der Waals surface area contributed by atoms with Crippen molar-refractivity contribution in [1.29, 1.82) is 0 Å². The smallest absolute Gasteiger partial charge is 0.166 e. The van der Waals surface area contributed by atoms with Crippen molar-refractivity contribution < 1.29 is 0 Å². The van der Waals surface area contributed by atoms with Crippen LogP contribution in [0.25, 0.3) is 11.0 Å². The van der Waals surface area contributed by atoms with Gasteiger partial charge in [0.2, 0.25) is 0 Å². The Morgan fingerprint density at radius 3 is 2.96 bits per heavy atom. The molecule has 1 aliphatic heterocycles. The monoisotopic (exact) mass is 323 g/mol. The van der Waals surface area contributed by atoms with Crippen LogP contribution in [0, 0.1) is 6.92 Å². The molecule has 3 aromatic rings. The van der Waals surface area contributed by atoms with E-state index in [-0.39, 0.29) is 0 Å². The van der Waals surface area contributed by atoms with Gasteiger partial charge in [-0.1, -0.05) is 41.6 Å². The predicted molar refractivity (Wildman–Crippen MR) is 98.4 cm³/mol. The molecule has 2 heterocycles. The number of nitrogens with one attached hydrogen (secondary N) is 2. The summed E-state index contributed by atoms with van der Waals surface area (Å²) >= 11 is 1.80. The van der Waals surface area contributed by atoms with E-state index in [0.717, 1.165) is 22.7 Å². The van der Waals surface area contributed by atoms with Crippen LogP contribution >= 0.6 is 11.8 Å². The van der Waals surface area contributed by atoms with Crippen LogP contribution in [0.4, 0.5) is 5.69 Å². The first kappa shape index (κ1) is 14.6. The third-order valence-corrected chi connectivity index (χ3v) is 5.44. The Bertz CT molecular complexity index is 820. The van der Waals surface area contributed by atoms with Crippen LogP contribution in [0.2, 0.25) is 0 Å². The van der Waals surface area contributed by atoms with E-state index in [2.05, 4.69) is 48.4 Å². The number of para-hydroxylation sites is 2. The number of thioether (sulfide) groups is 1. The number of hydrogen-bond acceptors (Lipinski definition) is 3. The normalized spacial score (nSPS) is 15.2. The minimum Gasteiger partial charge on any atom is -0.385 e. The van der Waals surface area contributed by atoms with Gasteiger partial charge in [0, 0.05) is 17.5 Å². The van der Waals surface area contributed by atoms with Gasteiger partial charge in [0.15, 0.2) is 5.16 Å². The number of rotatable bonds is 3. The summed E-state index contributed by atoms with van der Waals surface area (Å²) in [5, 5.41) is 4.95. The molecular weight excluding hydrogens is 302 g/mol. The van der Waals surface area contributed by atoms with Crippen LogP contribution in [-0.2, 0) is 6.42 Å². The zero-order valence-corrected chi connectivity index (χ0v) is 14.3. The quantitative estimate of drug-likeness (QED) is 0.660. The number of hydrogen-bond donors (Lipinski definition) is 2. The lowest BCUT2D eigenvalue weighted by Crippen LogP contribution is -2.14. The van der Waals surface area contributed by atoms with Gasteiger partial charge in [0.05, 0.1) is 11.0 Å². The number of aryl methyl sites for hydroxylation is 2. The minimum atomic E-state index is 0.356. The summed E-state index contributed by atoms with van der Waals surface area (Å²) in [5.74, 6) is 0. The maximum absolute atomic E-state index is 4.70. The number of benzene rings is 2. The van der Waals surface area contributed by atoms with Crippen molar-refractivity contribution in [3.05, 3.63) is 53.1 Å². The third kappa shape index (κ3) is 2.83. The molecule has 118 valence electrons. The van der Waals surface area contributed by atoms with Gasteiger partial charge in [-0.05, 0) is 49.9 Å². The van der Waals surface area contributed by atoms with Crippen LogP contribution in [-0.4, -0.2) is 16.5 Å². The van der Waals surface area contributed by atoms with Crippen molar-refractivity contribution >= 4 is 28.5 Å². The van der Waals surface area contributed by atoms with Crippen LogP contribution in [0.15, 0.2) is 41.6 Å². The predicted octanol–water partition coefficient (Wildman–Crippen LogP) is 5.08. The lowest BCUT2D eigenvalue weighted by molar-refractivity contribution is 0.822. The highest BCUT2D eigenvalue weighted by Crippen LogP contribution is 2.40. The molecule has 0 fully saturated rings. The fourth-order valence-corrected chi connectivity index (χ4v) is 4.30. The molecule has 0 amide bonds. The van der Waals surface area contributed by atoms with Crippen molar-refractivity contribution in [2.24, 2.45) is 0 Å². The zero-order valence-electron chi connectivity index (χ0n) is 13.5. The molecule has 0 spiro atoms. The Morgan fingerprint density at radius 2 is 2.09 bits per heavy atom. The number of fused-ring (bicyclic) bond motifs is 2. The molecule has 0 saturated heterocycles. The number of nitrogens with zero attached hydrogens (tertiary/aromatic N) is 1. The first-order valence-electron chi connectivity index (χ1n) is 8.19. The maximum Gasteiger partial charge on any atom is 0.166 e. The summed E-state index contributed by atoms with van der Waals surface area (Å²) in [5.41, 5.74) is 7.68. The van der Waals surface area contributed by atoms with E-state index in [4.69, 9.17) is 4.98 Å². The number of anilines is 1. The number of H-pyrrole nitrogens is 1. The molecule has 0 radical (unpaired) electrons. The van der Waals surface area contributed by atoms with Gasteiger partial charge in [-0.3, -0.25) is 0 Å². The van der Waals surface area contributed by atoms with E-state index < -0.39 is 0 Å². The average molecular weight is 323 g/mol. The molecule has 4 heteroatoms. The SMILES string of the molecule is Cc1cc2c(c(C(C)Sc3nc4ccccc4[nH]3)c1)NCCC2. The fourth-order valence-electron chi connectivity index (χ4n) is 3.33. The van der Waals surface area contributed by atoms with E-state index >= 15 is 0 Å². The van der Waals surface area contributed by atoms with Crippen LogP contribution in [0.3, 0.4) is 0 Å². The third-order valence-electron chi connectivity index (χ3n) is 4.41. The Labute approximate surface area is 140 Å². The van der Waals surface area contributed by atoms with Crippen LogP contribution < -0.4 is 5.32 Å². The number of aromatic nitrogens is 2. The van der Waals surface area contributed by atoms with Crippen molar-refractivity contribution in [2.75, 3.05) is 11.9 Å². The largest absolute Gasteiger partial charge is 0.385 e. The molecule has 4 rings (SSSR count). The molecule has 1 atom stereocenters. The minimum absolute atomic E-state index is 0.356. The fraction of sp³-hybridized carbons (Fsp3) is 0.316. The van der Waals surface area contributed by atoms with Gasteiger partial charge in [-0.25, -0.2) is 4.98 Å². The Morgan fingerprint density at radius 1 is 1.22 bits per heavy atom. The summed E-state index contributed by atoms with van der Waals surface area (Å²) in [6.07, 6.45) is 2.40. The topological polar surface area (TPSA) is 40.7 Å². The van der Waals surface area contributed by atoms with Crippen molar-refractivity contribution in [3.8, 4) is 0 Å². The van der Waals surface area contributed by atoms with Gasteiger partial charge in [-0.2, -0.15) is 0 Å². The second-order valence-corrected chi connectivity index (χ2v) is 7.57. The maximum atomic E-state index is 4.70. The molecule has 0 saturated carbocycles. The Balaban J connectivity index is 1.66. The molecule has 2 aromatic carbocycles. The van der Waals surface area contributed by atoms with Gasteiger partial charge in [0.25, 0.3) is 0 Å². The highest BCUT2D eigenvalue weighted by Gasteiger charge is 2.19. The molecule has 1 aromatic heterocycles. The van der Waals surface area contributed by atoms with E-state index in [0.29, 0.717) is 5.25 Å². The lowest BCUT2D eigenvalue weighted by atomic mass is 9.95. The Hall–Kier alpha value is -1.94. The Kier molecular flexibility index (Phi) is 3.77. The second kappa shape index (κ2) is 5.93.